The summed E-state index contributed by atoms with van der Waals surface area (Å²) in [6.07, 6.45) is 1.33. The van der Waals surface area contributed by atoms with Gasteiger partial charge in [0.2, 0.25) is 41.4 Å². The number of nitrogens with two attached hydrogens (primary N) is 1. The maximum Gasteiger partial charge on any atom is 0.410 e. The zero-order chi connectivity index (χ0) is 67.5. The molecular formula is C65H102Cl2N12O12. The van der Waals surface area contributed by atoms with E-state index in [9.17, 15) is 43.5 Å². The normalized spacial score (nSPS) is 16.5. The number of aliphatic hydroxyl groups is 1. The third-order valence-electron chi connectivity index (χ3n) is 17.0. The van der Waals surface area contributed by atoms with Gasteiger partial charge in [-0.3, -0.25) is 38.5 Å². The van der Waals surface area contributed by atoms with Crippen LogP contribution in [0.5, 0.6) is 0 Å². The van der Waals surface area contributed by atoms with Gasteiger partial charge in [0.25, 0.3) is 0 Å². The quantitative estimate of drug-likeness (QED) is 0.0297. The Morgan fingerprint density at radius 3 is 2.11 bits per heavy atom. The number of alkyl halides is 2. The molecule has 26 heteroatoms. The topological polar surface area (TPSA) is 311 Å². The summed E-state index contributed by atoms with van der Waals surface area (Å²) in [6.45, 7) is 17.5. The molecule has 1 aliphatic rings. The van der Waals surface area contributed by atoms with Crippen molar-refractivity contribution in [3.05, 3.63) is 77.1 Å². The molecule has 8 N–H and O–H groups in total. The molecule has 11 unspecified atom stereocenters. The van der Waals surface area contributed by atoms with Gasteiger partial charge < -0.3 is 61.4 Å². The summed E-state index contributed by atoms with van der Waals surface area (Å²) in [6, 6.07) is 11.1. The van der Waals surface area contributed by atoms with Crippen molar-refractivity contribution in [3.63, 3.8) is 0 Å². The molecule has 1 saturated heterocycles. The van der Waals surface area contributed by atoms with E-state index in [2.05, 4.69) is 36.9 Å². The Bertz CT molecular complexity index is 2780. The number of nitrogens with zero attached hydrogens (tertiary/aromatic N) is 6. The molecule has 2 aromatic carbocycles. The number of carbonyl (C=O) groups is 8. The molecule has 91 heavy (non-hydrogen) atoms. The van der Waals surface area contributed by atoms with Gasteiger partial charge in [0, 0.05) is 53.0 Å². The molecule has 11 atom stereocenters. The number of carbonyl (C=O) groups excluding carboxylic acids is 8. The van der Waals surface area contributed by atoms with Crippen molar-refractivity contribution >= 4 is 76.3 Å². The first-order valence-corrected chi connectivity index (χ1v) is 33.1. The summed E-state index contributed by atoms with van der Waals surface area (Å²) in [4.78, 5) is 116. The van der Waals surface area contributed by atoms with Crippen LogP contribution in [0.4, 0.5) is 10.5 Å². The number of amides is 8. The van der Waals surface area contributed by atoms with Crippen molar-refractivity contribution in [2.24, 2.45) is 29.4 Å². The number of halogens is 2. The standard InChI is InChI=1S/C65H102Cl2N12O12/c1-13-15-32-78(58(42(7)14-2)52(89-11)35-54(81)77-33-20-25-50(77)60(90-12)43(8)61(84)70-44(9)59(83)46-22-17-16-18-23-46)55(82)38-69-64(87)57(41(5)6)76(10)65(88)91-39-45-27-29-47(30-28-45)71-62(85)48(24-19-31-68)72-63(86)56(40(3)4)73-53(80)26-21-34-79-51(37-67)49(36-66)74-75-79/h16-18,22-23,27-30,40-44,48,50,52,56-60,83H,13-15,19-21,24-26,31-39,68H2,1-12H3,(H,69,87)(H,70,84)(H,71,85)(H,72,86)(H,73,80). The summed E-state index contributed by atoms with van der Waals surface area (Å²) in [5, 5.41) is 33.2. The molecule has 3 aromatic rings. The van der Waals surface area contributed by atoms with Crippen LogP contribution in [0.1, 0.15) is 155 Å². The lowest BCUT2D eigenvalue weighted by Gasteiger charge is -2.41. The van der Waals surface area contributed by atoms with Gasteiger partial charge in [-0.2, -0.15) is 0 Å². The fourth-order valence-electron chi connectivity index (χ4n) is 11.6. The number of aromatic nitrogens is 3. The highest BCUT2D eigenvalue weighted by molar-refractivity contribution is 6.18. The first-order chi connectivity index (χ1) is 43.4. The number of aryl methyl sites for hydroxylation is 1. The lowest BCUT2D eigenvalue weighted by molar-refractivity contribution is -0.147. The molecule has 1 fully saturated rings. The molecule has 8 amide bonds. The number of anilines is 1. The van der Waals surface area contributed by atoms with E-state index in [4.69, 9.17) is 43.1 Å². The Balaban J connectivity index is 1.36. The minimum Gasteiger partial charge on any atom is -0.445 e. The van der Waals surface area contributed by atoms with E-state index in [0.717, 1.165) is 6.42 Å². The third kappa shape index (κ3) is 22.7. The van der Waals surface area contributed by atoms with Crippen LogP contribution in [-0.4, -0.2) is 178 Å². The maximum atomic E-state index is 14.5. The second kappa shape index (κ2) is 39.2. The van der Waals surface area contributed by atoms with Crippen LogP contribution in [0, 0.1) is 23.7 Å². The number of nitrogens with one attached hydrogen (secondary N) is 5. The number of unbranched alkanes of at least 4 members (excludes halogenated alkanes) is 1. The number of hydrogen-bond donors (Lipinski definition) is 7. The van der Waals surface area contributed by atoms with Crippen molar-refractivity contribution in [1.29, 1.82) is 0 Å². The summed E-state index contributed by atoms with van der Waals surface area (Å²) in [5.41, 5.74) is 8.70. The fraction of sp³-hybridized carbons (Fsp3) is 0.662. The van der Waals surface area contributed by atoms with Crippen LogP contribution in [0.2, 0.25) is 0 Å². The third-order valence-corrected chi connectivity index (χ3v) is 17.5. The molecule has 0 radical (unpaired) electrons. The number of aliphatic hydroxyl groups excluding tert-OH is 1. The van der Waals surface area contributed by atoms with Crippen LogP contribution in [-0.2, 0) is 72.7 Å². The SMILES string of the molecule is CCCCN(C(=O)CNC(=O)C(C(C)C)N(C)C(=O)OCc1ccc(NC(=O)C(CCCN)NC(=O)C(NC(=O)CCCn2nnc(CCl)c2CCl)C(C)C)cc1)C(C(C)CC)C(CC(=O)N1CCCC1C(OC)C(C)C(=O)NC(C)C(O)c1ccccc1)OC. The van der Waals surface area contributed by atoms with Gasteiger partial charge in [-0.25, -0.2) is 9.48 Å². The van der Waals surface area contributed by atoms with E-state index in [1.54, 1.807) is 92.4 Å². The highest BCUT2D eigenvalue weighted by atomic mass is 35.5. The average Bonchev–Trinajstić information content (AvgIpc) is 2.11. The molecule has 1 aromatic heterocycles. The van der Waals surface area contributed by atoms with E-state index >= 15 is 0 Å². The Labute approximate surface area is 547 Å². The van der Waals surface area contributed by atoms with Gasteiger partial charge in [-0.05, 0) is 93.0 Å². The van der Waals surface area contributed by atoms with Crippen molar-refractivity contribution < 1.29 is 57.7 Å². The molecule has 4 rings (SSSR count). The van der Waals surface area contributed by atoms with Gasteiger partial charge >= 0.3 is 6.09 Å². The number of hydrogen-bond acceptors (Lipinski definition) is 15. The lowest BCUT2D eigenvalue weighted by Crippen LogP contribution is -2.57. The molecule has 0 saturated carbocycles. The van der Waals surface area contributed by atoms with Crippen LogP contribution >= 0.6 is 23.2 Å². The van der Waals surface area contributed by atoms with Gasteiger partial charge in [0.1, 0.15) is 30.4 Å². The molecule has 0 aliphatic carbocycles. The molecule has 0 bridgehead atoms. The largest absolute Gasteiger partial charge is 0.445 e. The van der Waals surface area contributed by atoms with Gasteiger partial charge in [-0.15, -0.1) is 28.3 Å². The Morgan fingerprint density at radius 2 is 1.52 bits per heavy atom. The molecule has 508 valence electrons. The first kappa shape index (κ1) is 77.0. The minimum absolute atomic E-state index is 0.0604. The number of ether oxygens (including phenoxy) is 3. The van der Waals surface area contributed by atoms with Crippen LogP contribution in [0.3, 0.4) is 0 Å². The molecule has 2 heterocycles. The zero-order valence-corrected chi connectivity index (χ0v) is 56.9. The first-order valence-electron chi connectivity index (χ1n) is 32.0. The number of rotatable bonds is 39. The molecular weight excluding hydrogens is 1210 g/mol. The Morgan fingerprint density at radius 1 is 0.824 bits per heavy atom. The van der Waals surface area contributed by atoms with E-state index in [1.165, 1.54) is 26.2 Å². The van der Waals surface area contributed by atoms with E-state index in [0.29, 0.717) is 86.4 Å². The van der Waals surface area contributed by atoms with Crippen molar-refractivity contribution in [3.8, 4) is 0 Å². The summed E-state index contributed by atoms with van der Waals surface area (Å²) < 4.78 is 19.4. The predicted octanol–water partition coefficient (Wildman–Crippen LogP) is 6.58. The smallest absolute Gasteiger partial charge is 0.410 e. The number of likely N-dealkylation sites (tertiary alicyclic amines) is 1. The van der Waals surface area contributed by atoms with E-state index < -0.39 is 96.8 Å². The van der Waals surface area contributed by atoms with E-state index in [-0.39, 0.29) is 79.6 Å². The highest BCUT2D eigenvalue weighted by Crippen LogP contribution is 2.31. The average molecular weight is 1310 g/mol. The van der Waals surface area contributed by atoms with E-state index in [1.807, 2.05) is 39.0 Å². The number of methoxy groups -OCH3 is 2. The second-order valence-corrected chi connectivity index (χ2v) is 24.9. The molecule has 0 spiro atoms. The van der Waals surface area contributed by atoms with Crippen LogP contribution in [0.15, 0.2) is 54.6 Å². The van der Waals surface area contributed by atoms with Crippen molar-refractivity contribution in [2.75, 3.05) is 52.8 Å². The number of benzene rings is 2. The van der Waals surface area contributed by atoms with Gasteiger partial charge in [0.15, 0.2) is 0 Å². The van der Waals surface area contributed by atoms with Crippen molar-refractivity contribution in [2.45, 2.75) is 206 Å². The minimum atomic E-state index is -1.04. The molecule has 24 nitrogen and oxygen atoms in total. The summed E-state index contributed by atoms with van der Waals surface area (Å²) in [5.74, 6) is -4.06. The van der Waals surface area contributed by atoms with Crippen LogP contribution < -0.4 is 32.3 Å². The van der Waals surface area contributed by atoms with Gasteiger partial charge in [-0.1, -0.05) is 116 Å². The number of likely N-dealkylation sites (N-methyl/N-ethyl adjacent to an activating group) is 1. The Kier molecular flexibility index (Phi) is 33.2. The summed E-state index contributed by atoms with van der Waals surface area (Å²) in [7, 11) is 4.50. The predicted molar refractivity (Wildman–Crippen MR) is 349 cm³/mol. The fourth-order valence-corrected chi connectivity index (χ4v) is 12.1. The van der Waals surface area contributed by atoms with Gasteiger partial charge in [0.05, 0.1) is 72.8 Å². The van der Waals surface area contributed by atoms with Crippen LogP contribution in [0.25, 0.3) is 0 Å². The van der Waals surface area contributed by atoms with Crippen molar-refractivity contribution in [1.82, 2.24) is 51.0 Å². The monoisotopic (exact) mass is 1310 g/mol. The lowest BCUT2D eigenvalue weighted by atomic mass is 9.89. The zero-order valence-electron chi connectivity index (χ0n) is 55.4. The maximum absolute atomic E-state index is 14.5. The second-order valence-electron chi connectivity index (χ2n) is 24.3. The molecule has 1 aliphatic heterocycles. The summed E-state index contributed by atoms with van der Waals surface area (Å²) >= 11 is 12.0. The Hall–Kier alpha value is -6.44. The highest BCUT2D eigenvalue weighted by Gasteiger charge is 2.43.